The molecule has 0 aromatic carbocycles. The van der Waals surface area contributed by atoms with Gasteiger partial charge in [-0.2, -0.15) is 0 Å². The number of rotatable bonds is 5. The molecule has 0 amide bonds. The Morgan fingerprint density at radius 1 is 1.38 bits per heavy atom. The third-order valence-electron chi connectivity index (χ3n) is 9.03. The van der Waals surface area contributed by atoms with Gasteiger partial charge in [-0.1, -0.05) is 13.8 Å². The number of methoxy groups -OCH3 is 1. The minimum atomic E-state index is -0.625. The first kappa shape index (κ1) is 18.6. The van der Waals surface area contributed by atoms with Gasteiger partial charge in [-0.15, -0.1) is 0 Å². The van der Waals surface area contributed by atoms with Crippen molar-refractivity contribution >= 4 is 5.97 Å². The van der Waals surface area contributed by atoms with Crippen molar-refractivity contribution in [3.8, 4) is 0 Å². The van der Waals surface area contributed by atoms with Gasteiger partial charge in [-0.05, 0) is 45.1 Å². The molecule has 29 heavy (non-hydrogen) atoms. The number of fused-ring (bicyclic) bond motifs is 1. The average Bonchev–Trinajstić information content (AvgIpc) is 3.40. The number of carbonyl (C=O) groups is 1. The first-order valence-electron chi connectivity index (χ1n) is 11.1. The maximum atomic E-state index is 12.2. The molecule has 6 heterocycles. The normalized spacial score (nSPS) is 55.0. The van der Waals surface area contributed by atoms with Crippen LogP contribution in [0.1, 0.15) is 46.5 Å². The lowest BCUT2D eigenvalue weighted by Crippen LogP contribution is -2.61. The van der Waals surface area contributed by atoms with Crippen LogP contribution >= 0.6 is 0 Å². The number of hydrogen-bond acceptors (Lipinski definition) is 7. The lowest BCUT2D eigenvalue weighted by atomic mass is 9.69. The van der Waals surface area contributed by atoms with Gasteiger partial charge < -0.3 is 24.1 Å². The van der Waals surface area contributed by atoms with Crippen LogP contribution in [-0.2, 0) is 23.7 Å². The zero-order chi connectivity index (χ0) is 20.3. The summed E-state index contributed by atoms with van der Waals surface area (Å²) in [6, 6.07) is 0.407. The van der Waals surface area contributed by atoms with Crippen molar-refractivity contribution in [3.63, 3.8) is 0 Å². The van der Waals surface area contributed by atoms with E-state index in [0.29, 0.717) is 17.4 Å². The maximum absolute atomic E-state index is 12.2. The van der Waals surface area contributed by atoms with E-state index in [1.165, 1.54) is 0 Å². The number of piperidine rings is 1. The van der Waals surface area contributed by atoms with Gasteiger partial charge in [0.25, 0.3) is 0 Å². The van der Waals surface area contributed by atoms with Crippen LogP contribution < -0.4 is 0 Å². The van der Waals surface area contributed by atoms with Gasteiger partial charge in [0.15, 0.2) is 11.9 Å². The summed E-state index contributed by atoms with van der Waals surface area (Å²) in [7, 11) is 1.59. The van der Waals surface area contributed by atoms with Crippen LogP contribution in [0.25, 0.3) is 0 Å². The Balaban J connectivity index is 1.39. The molecule has 0 aromatic heterocycles. The van der Waals surface area contributed by atoms with Crippen molar-refractivity contribution in [1.29, 1.82) is 0 Å². The number of cyclic esters (lactones) is 1. The molecule has 1 spiro atoms. The van der Waals surface area contributed by atoms with Crippen LogP contribution in [0.3, 0.4) is 0 Å². The molecule has 160 valence electrons. The third-order valence-corrected chi connectivity index (χ3v) is 9.03. The van der Waals surface area contributed by atoms with Crippen LogP contribution in [0, 0.1) is 17.8 Å². The summed E-state index contributed by atoms with van der Waals surface area (Å²) in [5.74, 6) is 0.335. The highest BCUT2D eigenvalue weighted by Gasteiger charge is 2.84. The van der Waals surface area contributed by atoms with Gasteiger partial charge in [0.1, 0.15) is 11.9 Å². The van der Waals surface area contributed by atoms with Gasteiger partial charge >= 0.3 is 5.97 Å². The largest absolute Gasteiger partial charge is 0.496 e. The fourth-order valence-corrected chi connectivity index (χ4v) is 8.02. The van der Waals surface area contributed by atoms with E-state index in [0.717, 1.165) is 32.2 Å². The van der Waals surface area contributed by atoms with E-state index < -0.39 is 11.9 Å². The first-order chi connectivity index (χ1) is 13.9. The van der Waals surface area contributed by atoms with E-state index in [1.807, 2.05) is 6.92 Å². The van der Waals surface area contributed by atoms with Crippen molar-refractivity contribution in [2.45, 2.75) is 88.2 Å². The second-order valence-corrected chi connectivity index (χ2v) is 9.91. The number of ether oxygens (including phenoxy) is 4. The van der Waals surface area contributed by atoms with Crippen molar-refractivity contribution in [2.75, 3.05) is 13.7 Å². The highest BCUT2D eigenvalue weighted by Crippen LogP contribution is 2.72. The fourth-order valence-electron chi connectivity index (χ4n) is 8.02. The molecule has 6 aliphatic rings. The monoisotopic (exact) mass is 405 g/mol. The van der Waals surface area contributed by atoms with E-state index in [2.05, 4.69) is 11.8 Å². The first-order valence-corrected chi connectivity index (χ1v) is 11.1. The number of nitrogens with zero attached hydrogens (tertiary/aromatic N) is 1. The second kappa shape index (κ2) is 5.75. The Bertz CT molecular complexity index is 798. The zero-order valence-corrected chi connectivity index (χ0v) is 17.6. The van der Waals surface area contributed by atoms with E-state index >= 15 is 0 Å². The molecule has 5 saturated heterocycles. The second-order valence-electron chi connectivity index (χ2n) is 9.91. The smallest absolute Gasteiger partial charge is 0.338 e. The highest BCUT2D eigenvalue weighted by atomic mass is 16.7. The molecular weight excluding hydrogens is 374 g/mol. The van der Waals surface area contributed by atoms with E-state index in [-0.39, 0.29) is 47.6 Å². The summed E-state index contributed by atoms with van der Waals surface area (Å²) in [4.78, 5) is 14.9. The Hall–Kier alpha value is -1.15. The topological polar surface area (TPSA) is 77.5 Å². The summed E-state index contributed by atoms with van der Waals surface area (Å²) in [6.07, 6.45) is 2.59. The minimum absolute atomic E-state index is 0.104. The molecule has 7 heteroatoms. The van der Waals surface area contributed by atoms with Gasteiger partial charge in [-0.25, -0.2) is 4.79 Å². The fraction of sp³-hybridized carbons (Fsp3) is 0.864. The third kappa shape index (κ3) is 1.92. The summed E-state index contributed by atoms with van der Waals surface area (Å²) in [5, 5.41) is 10.6. The Labute approximate surface area is 171 Å². The molecule has 0 aliphatic carbocycles. The molecule has 6 rings (SSSR count). The Kier molecular flexibility index (Phi) is 3.69. The number of aliphatic hydroxyl groups is 1. The van der Waals surface area contributed by atoms with Crippen LogP contribution in [0.5, 0.6) is 0 Å². The molecule has 1 unspecified atom stereocenters. The van der Waals surface area contributed by atoms with Gasteiger partial charge in [0.05, 0.1) is 30.4 Å². The van der Waals surface area contributed by atoms with E-state index in [1.54, 1.807) is 14.0 Å². The van der Waals surface area contributed by atoms with Crippen molar-refractivity contribution in [2.24, 2.45) is 17.8 Å². The van der Waals surface area contributed by atoms with Crippen molar-refractivity contribution in [1.82, 2.24) is 4.90 Å². The predicted molar refractivity (Wildman–Crippen MR) is 102 cm³/mol. The highest BCUT2D eigenvalue weighted by molar-refractivity contribution is 5.91. The average molecular weight is 405 g/mol. The lowest BCUT2D eigenvalue weighted by molar-refractivity contribution is -0.280. The Morgan fingerprint density at radius 2 is 2.17 bits per heavy atom. The molecule has 5 fully saturated rings. The summed E-state index contributed by atoms with van der Waals surface area (Å²) < 4.78 is 24.8. The van der Waals surface area contributed by atoms with Crippen molar-refractivity contribution < 1.29 is 28.8 Å². The van der Waals surface area contributed by atoms with Gasteiger partial charge in [0.2, 0.25) is 0 Å². The summed E-state index contributed by atoms with van der Waals surface area (Å²) in [6.45, 7) is 7.06. The molecule has 0 radical (unpaired) electrons. The maximum Gasteiger partial charge on any atom is 0.338 e. The minimum Gasteiger partial charge on any atom is -0.496 e. The number of carbonyl (C=O) groups excluding carboxylic acids is 1. The summed E-state index contributed by atoms with van der Waals surface area (Å²) >= 11 is 0. The van der Waals surface area contributed by atoms with Crippen LogP contribution in [-0.4, -0.2) is 71.4 Å². The molecule has 5 bridgehead atoms. The van der Waals surface area contributed by atoms with E-state index in [9.17, 15) is 9.90 Å². The predicted octanol–water partition coefficient (Wildman–Crippen LogP) is 1.59. The number of hydrogen-bond donors (Lipinski definition) is 1. The van der Waals surface area contributed by atoms with Crippen LogP contribution in [0.2, 0.25) is 0 Å². The standard InChI is InChI=1S/C22H31NO6/c1-5-12(24)9-21-14-6-7-23(21)13-8-15(21)28-22(14)16(13)10(2)18(29-22)19-17(26-4)11(3)20(25)27-19/h10,12-16,18-19,24H,5-9H2,1-4H3/t10-,12-,13-,14+,15+,16+,18-,19-,21-,22+/m0/s1. The molecule has 1 N–H and O–H groups in total. The number of esters is 1. The van der Waals surface area contributed by atoms with Crippen molar-refractivity contribution in [3.05, 3.63) is 11.3 Å². The number of aliphatic hydroxyl groups excluding tert-OH is 1. The van der Waals surface area contributed by atoms with Crippen LogP contribution in [0.15, 0.2) is 11.3 Å². The van der Waals surface area contributed by atoms with E-state index in [4.69, 9.17) is 18.9 Å². The molecule has 0 aromatic rings. The van der Waals surface area contributed by atoms with Gasteiger partial charge in [0, 0.05) is 17.9 Å². The quantitative estimate of drug-likeness (QED) is 0.696. The molecule has 6 aliphatic heterocycles. The molecule has 11 atom stereocenters. The zero-order valence-electron chi connectivity index (χ0n) is 17.6. The van der Waals surface area contributed by atoms with Crippen LogP contribution in [0.4, 0.5) is 0 Å². The molecule has 0 saturated carbocycles. The molecule has 7 nitrogen and oxygen atoms in total. The lowest BCUT2D eigenvalue weighted by Gasteiger charge is -2.49. The molecular formula is C22H31NO6. The summed E-state index contributed by atoms with van der Waals surface area (Å²) in [5.41, 5.74) is 0.427. The van der Waals surface area contributed by atoms with Gasteiger partial charge in [-0.3, -0.25) is 4.90 Å². The Morgan fingerprint density at radius 3 is 2.90 bits per heavy atom. The SMILES string of the molecule is CC[C@H](O)C[C@@]12[C@H]3C[C@H]4[C@H]5[C@H](C)[C@@H]([C@H]6OC(=O)C(C)=C6OC)O[C@]5(O3)[C@@H]1CCN42.